The smallest absolute Gasteiger partial charge is 0.302 e. The van der Waals surface area contributed by atoms with Gasteiger partial charge in [0, 0.05) is 11.3 Å². The summed E-state index contributed by atoms with van der Waals surface area (Å²) < 4.78 is 5.14. The van der Waals surface area contributed by atoms with Gasteiger partial charge in [-0.2, -0.15) is 4.98 Å². The van der Waals surface area contributed by atoms with E-state index >= 15 is 0 Å². The summed E-state index contributed by atoms with van der Waals surface area (Å²) in [7, 11) is 0. The Morgan fingerprint density at radius 1 is 0.958 bits per heavy atom. The third-order valence-electron chi connectivity index (χ3n) is 3.27. The van der Waals surface area contributed by atoms with Gasteiger partial charge in [-0.25, -0.2) is 0 Å². The van der Waals surface area contributed by atoms with E-state index in [9.17, 15) is 9.59 Å². The van der Waals surface area contributed by atoms with Crippen LogP contribution in [0.5, 0.6) is 0 Å². The fraction of sp³-hybridized carbons (Fsp3) is 0.0556. The molecule has 2 aromatic carbocycles. The van der Waals surface area contributed by atoms with E-state index in [1.165, 1.54) is 6.26 Å². The number of aryl methyl sites for hydroxylation is 1. The molecule has 0 fully saturated rings. The van der Waals surface area contributed by atoms with Gasteiger partial charge in [-0.3, -0.25) is 14.9 Å². The zero-order valence-corrected chi connectivity index (χ0v) is 12.9. The van der Waals surface area contributed by atoms with Crippen molar-refractivity contribution in [2.24, 2.45) is 0 Å². The van der Waals surface area contributed by atoms with Gasteiger partial charge in [0.1, 0.15) is 6.26 Å². The second-order valence-corrected chi connectivity index (χ2v) is 5.18. The molecule has 24 heavy (non-hydrogen) atoms. The van der Waals surface area contributed by atoms with Gasteiger partial charge < -0.3 is 9.73 Å². The van der Waals surface area contributed by atoms with Crippen molar-refractivity contribution in [3.8, 4) is 0 Å². The number of rotatable bonds is 4. The number of benzene rings is 2. The van der Waals surface area contributed by atoms with Crippen molar-refractivity contribution in [1.82, 2.24) is 4.98 Å². The van der Waals surface area contributed by atoms with Crippen molar-refractivity contribution in [1.29, 1.82) is 0 Å². The lowest BCUT2D eigenvalue weighted by Crippen LogP contribution is -2.14. The van der Waals surface area contributed by atoms with Crippen LogP contribution < -0.4 is 10.6 Å². The van der Waals surface area contributed by atoms with E-state index in [-0.39, 0.29) is 17.6 Å². The van der Waals surface area contributed by atoms with Gasteiger partial charge >= 0.3 is 6.01 Å². The summed E-state index contributed by atoms with van der Waals surface area (Å²) >= 11 is 0. The number of carbonyl (C=O) groups excluding carboxylic acids is 2. The summed E-state index contributed by atoms with van der Waals surface area (Å²) in [4.78, 5) is 28.1. The quantitative estimate of drug-likeness (QED) is 0.770. The number of aromatic nitrogens is 1. The molecule has 2 N–H and O–H groups in total. The fourth-order valence-electron chi connectivity index (χ4n) is 2.11. The highest BCUT2D eigenvalue weighted by molar-refractivity contribution is 6.05. The fourth-order valence-corrected chi connectivity index (χ4v) is 2.11. The van der Waals surface area contributed by atoms with Crippen LogP contribution in [0.25, 0.3) is 0 Å². The van der Waals surface area contributed by atoms with Crippen LogP contribution in [0, 0.1) is 6.92 Å². The maximum atomic E-state index is 12.1. The Balaban J connectivity index is 1.67. The zero-order chi connectivity index (χ0) is 16.9. The normalized spacial score (nSPS) is 10.2. The second-order valence-electron chi connectivity index (χ2n) is 5.18. The van der Waals surface area contributed by atoms with Crippen LogP contribution in [0.4, 0.5) is 11.7 Å². The molecule has 0 atom stereocenters. The number of carbonyl (C=O) groups is 2. The number of anilines is 2. The highest BCUT2D eigenvalue weighted by Gasteiger charge is 2.15. The Morgan fingerprint density at radius 3 is 2.50 bits per heavy atom. The summed E-state index contributed by atoms with van der Waals surface area (Å²) in [6.07, 6.45) is 1.20. The van der Waals surface area contributed by atoms with Crippen LogP contribution in [0.1, 0.15) is 26.4 Å². The van der Waals surface area contributed by atoms with Crippen LogP contribution in [0.2, 0.25) is 0 Å². The van der Waals surface area contributed by atoms with E-state index < -0.39 is 5.91 Å². The second kappa shape index (κ2) is 6.78. The predicted molar refractivity (Wildman–Crippen MR) is 90.0 cm³/mol. The minimum absolute atomic E-state index is 0.0294. The number of hydrogen-bond acceptors (Lipinski definition) is 4. The van der Waals surface area contributed by atoms with E-state index in [1.807, 2.05) is 31.2 Å². The average Bonchev–Trinajstić information content (AvgIpc) is 3.04. The molecule has 2 amide bonds. The van der Waals surface area contributed by atoms with Crippen molar-refractivity contribution in [3.63, 3.8) is 0 Å². The molecule has 6 nitrogen and oxygen atoms in total. The Bertz CT molecular complexity index is 872. The standard InChI is InChI=1S/C18H15N3O3/c1-12-6-5-9-14(10-12)19-17(23)15-11-24-18(20-15)21-16(22)13-7-3-2-4-8-13/h2-11H,1H3,(H,19,23)(H,20,21,22). The van der Waals surface area contributed by atoms with E-state index in [4.69, 9.17) is 4.42 Å². The summed E-state index contributed by atoms with van der Waals surface area (Å²) in [5, 5.41) is 5.23. The van der Waals surface area contributed by atoms with E-state index in [0.717, 1.165) is 5.56 Å². The largest absolute Gasteiger partial charge is 0.431 e. The Morgan fingerprint density at radius 2 is 1.75 bits per heavy atom. The summed E-state index contributed by atoms with van der Waals surface area (Å²) in [5.41, 5.74) is 2.25. The summed E-state index contributed by atoms with van der Waals surface area (Å²) in [5.74, 6) is -0.771. The molecule has 120 valence electrons. The van der Waals surface area contributed by atoms with Gasteiger partial charge in [-0.05, 0) is 36.8 Å². The average molecular weight is 321 g/mol. The van der Waals surface area contributed by atoms with Crippen molar-refractivity contribution >= 4 is 23.5 Å². The molecule has 0 unspecified atom stereocenters. The monoisotopic (exact) mass is 321 g/mol. The van der Waals surface area contributed by atoms with E-state index in [0.29, 0.717) is 11.3 Å². The van der Waals surface area contributed by atoms with Gasteiger partial charge in [0.15, 0.2) is 5.69 Å². The van der Waals surface area contributed by atoms with Crippen LogP contribution in [-0.2, 0) is 0 Å². The Hall–Kier alpha value is -3.41. The number of nitrogens with one attached hydrogen (secondary N) is 2. The van der Waals surface area contributed by atoms with Gasteiger partial charge in [-0.1, -0.05) is 30.3 Å². The molecule has 1 heterocycles. The summed E-state index contributed by atoms with van der Waals surface area (Å²) in [6, 6.07) is 16.0. The number of hydrogen-bond donors (Lipinski definition) is 2. The minimum Gasteiger partial charge on any atom is -0.431 e. The molecule has 0 aliphatic rings. The highest BCUT2D eigenvalue weighted by Crippen LogP contribution is 2.14. The summed E-state index contributed by atoms with van der Waals surface area (Å²) in [6.45, 7) is 1.93. The first-order valence-electron chi connectivity index (χ1n) is 7.32. The van der Waals surface area contributed by atoms with Gasteiger partial charge in [0.2, 0.25) is 0 Å². The van der Waals surface area contributed by atoms with Crippen molar-refractivity contribution in [3.05, 3.63) is 77.7 Å². The zero-order valence-electron chi connectivity index (χ0n) is 12.9. The third kappa shape index (κ3) is 3.67. The van der Waals surface area contributed by atoms with Gasteiger partial charge in [0.25, 0.3) is 11.8 Å². The van der Waals surface area contributed by atoms with Gasteiger partial charge in [0.05, 0.1) is 0 Å². The van der Waals surface area contributed by atoms with Gasteiger partial charge in [-0.15, -0.1) is 0 Å². The topological polar surface area (TPSA) is 84.2 Å². The Kier molecular flexibility index (Phi) is 4.38. The van der Waals surface area contributed by atoms with Crippen molar-refractivity contribution in [2.75, 3.05) is 10.6 Å². The lowest BCUT2D eigenvalue weighted by atomic mass is 10.2. The number of nitrogens with zero attached hydrogens (tertiary/aromatic N) is 1. The number of amides is 2. The molecule has 1 aromatic heterocycles. The lowest BCUT2D eigenvalue weighted by molar-refractivity contribution is 0.101. The molecule has 3 aromatic rings. The first kappa shape index (κ1) is 15.5. The van der Waals surface area contributed by atoms with Crippen LogP contribution in [0.3, 0.4) is 0 Å². The molecule has 0 spiro atoms. The first-order valence-corrected chi connectivity index (χ1v) is 7.32. The molecule has 6 heteroatoms. The molecule has 0 aliphatic heterocycles. The number of oxazole rings is 1. The maximum Gasteiger partial charge on any atom is 0.302 e. The molecule has 0 saturated carbocycles. The highest BCUT2D eigenvalue weighted by atomic mass is 16.4. The van der Waals surface area contributed by atoms with Crippen LogP contribution in [0.15, 0.2) is 65.3 Å². The maximum absolute atomic E-state index is 12.1. The van der Waals surface area contributed by atoms with E-state index in [2.05, 4.69) is 15.6 Å². The molecule has 0 saturated heterocycles. The van der Waals surface area contributed by atoms with Crippen LogP contribution in [-0.4, -0.2) is 16.8 Å². The molecular formula is C18H15N3O3. The molecule has 0 bridgehead atoms. The third-order valence-corrected chi connectivity index (χ3v) is 3.27. The SMILES string of the molecule is Cc1cccc(NC(=O)c2coc(NC(=O)c3ccccc3)n2)c1. The van der Waals surface area contributed by atoms with Crippen molar-refractivity contribution in [2.45, 2.75) is 6.92 Å². The minimum atomic E-state index is -0.412. The lowest BCUT2D eigenvalue weighted by Gasteiger charge is -2.03. The first-order chi connectivity index (χ1) is 11.6. The van der Waals surface area contributed by atoms with Crippen LogP contribution >= 0.6 is 0 Å². The molecular weight excluding hydrogens is 306 g/mol. The van der Waals surface area contributed by atoms with E-state index in [1.54, 1.807) is 30.3 Å². The molecule has 0 aliphatic carbocycles. The molecule has 3 rings (SSSR count). The van der Waals surface area contributed by atoms with Crippen molar-refractivity contribution < 1.29 is 14.0 Å². The molecule has 0 radical (unpaired) electrons. The predicted octanol–water partition coefficient (Wildman–Crippen LogP) is 3.49. The Labute approximate surface area is 138 Å².